The molecule has 0 atom stereocenters. The van der Waals surface area contributed by atoms with Crippen molar-refractivity contribution in [3.05, 3.63) is 77.1 Å². The van der Waals surface area contributed by atoms with Crippen molar-refractivity contribution in [1.82, 2.24) is 4.57 Å². The van der Waals surface area contributed by atoms with E-state index in [2.05, 4.69) is 4.99 Å². The number of esters is 1. The minimum atomic E-state index is -0.391. The first-order valence-corrected chi connectivity index (χ1v) is 9.21. The van der Waals surface area contributed by atoms with Crippen molar-refractivity contribution in [3.8, 4) is 0 Å². The number of fused-ring (bicyclic) bond motifs is 2. The molecule has 6 heteroatoms. The van der Waals surface area contributed by atoms with Crippen LogP contribution in [0.4, 0.5) is 0 Å². The van der Waals surface area contributed by atoms with Crippen LogP contribution in [0.3, 0.4) is 0 Å². The molecule has 0 aliphatic heterocycles. The van der Waals surface area contributed by atoms with Gasteiger partial charge in [-0.05, 0) is 29.0 Å². The minimum Gasteiger partial charge on any atom is -0.468 e. The summed E-state index contributed by atoms with van der Waals surface area (Å²) in [5, 5.41) is 1.84. The largest absolute Gasteiger partial charge is 0.468 e. The second-order valence-corrected chi connectivity index (χ2v) is 6.97. The van der Waals surface area contributed by atoms with Crippen molar-refractivity contribution in [2.75, 3.05) is 7.11 Å². The van der Waals surface area contributed by atoms with Gasteiger partial charge in [0.1, 0.15) is 6.54 Å². The third kappa shape index (κ3) is 3.27. The molecule has 4 rings (SSSR count). The third-order valence-corrected chi connectivity index (χ3v) is 5.38. The molecular formula is C21H16N2O3S. The zero-order valence-electron chi connectivity index (χ0n) is 14.6. The highest BCUT2D eigenvalue weighted by atomic mass is 32.1. The van der Waals surface area contributed by atoms with Crippen molar-refractivity contribution in [2.45, 2.75) is 6.54 Å². The van der Waals surface area contributed by atoms with E-state index in [9.17, 15) is 9.59 Å². The third-order valence-electron chi connectivity index (χ3n) is 4.32. The van der Waals surface area contributed by atoms with E-state index in [4.69, 9.17) is 4.74 Å². The van der Waals surface area contributed by atoms with Crippen LogP contribution in [0.1, 0.15) is 10.4 Å². The monoisotopic (exact) mass is 376 g/mol. The molecule has 0 aliphatic carbocycles. The molecule has 0 fully saturated rings. The molecule has 134 valence electrons. The van der Waals surface area contributed by atoms with Gasteiger partial charge in [0.2, 0.25) is 0 Å². The predicted octanol–water partition coefficient (Wildman–Crippen LogP) is 3.77. The number of ether oxygens (including phenoxy) is 1. The van der Waals surface area contributed by atoms with E-state index >= 15 is 0 Å². The van der Waals surface area contributed by atoms with Crippen LogP contribution < -0.4 is 4.80 Å². The van der Waals surface area contributed by atoms with Crippen molar-refractivity contribution >= 4 is 44.2 Å². The second kappa shape index (κ2) is 7.17. The smallest absolute Gasteiger partial charge is 0.325 e. The Morgan fingerprint density at radius 1 is 1.00 bits per heavy atom. The molecule has 0 saturated heterocycles. The van der Waals surface area contributed by atoms with Crippen LogP contribution in [0.25, 0.3) is 21.0 Å². The summed E-state index contributed by atoms with van der Waals surface area (Å²) in [6.45, 7) is 0.00215. The van der Waals surface area contributed by atoms with Gasteiger partial charge in [0.25, 0.3) is 5.91 Å². The molecule has 0 N–H and O–H groups in total. The van der Waals surface area contributed by atoms with Gasteiger partial charge in [0.05, 0.1) is 17.3 Å². The van der Waals surface area contributed by atoms with Gasteiger partial charge in [0.15, 0.2) is 4.80 Å². The van der Waals surface area contributed by atoms with Gasteiger partial charge in [-0.1, -0.05) is 59.9 Å². The fourth-order valence-electron chi connectivity index (χ4n) is 3.01. The molecule has 1 heterocycles. The Labute approximate surface area is 159 Å². The van der Waals surface area contributed by atoms with Gasteiger partial charge in [-0.3, -0.25) is 9.59 Å². The minimum absolute atomic E-state index is 0.00215. The summed E-state index contributed by atoms with van der Waals surface area (Å²) in [6.07, 6.45) is 0. The molecule has 0 unspecified atom stereocenters. The predicted molar refractivity (Wildman–Crippen MR) is 106 cm³/mol. The second-order valence-electron chi connectivity index (χ2n) is 5.96. The molecule has 4 aromatic rings. The Balaban J connectivity index is 1.88. The summed E-state index contributed by atoms with van der Waals surface area (Å²) in [7, 11) is 1.34. The van der Waals surface area contributed by atoms with Crippen LogP contribution in [0.2, 0.25) is 0 Å². The van der Waals surface area contributed by atoms with Crippen molar-refractivity contribution in [3.63, 3.8) is 0 Å². The number of nitrogens with zero attached hydrogens (tertiary/aromatic N) is 2. The number of para-hydroxylation sites is 1. The molecule has 3 aromatic carbocycles. The molecule has 27 heavy (non-hydrogen) atoms. The Kier molecular flexibility index (Phi) is 4.56. The zero-order chi connectivity index (χ0) is 18.8. The van der Waals surface area contributed by atoms with E-state index in [-0.39, 0.29) is 12.5 Å². The summed E-state index contributed by atoms with van der Waals surface area (Å²) in [5.74, 6) is -0.727. The highest BCUT2D eigenvalue weighted by molar-refractivity contribution is 7.16. The van der Waals surface area contributed by atoms with Crippen LogP contribution >= 0.6 is 11.3 Å². The van der Waals surface area contributed by atoms with Crippen molar-refractivity contribution < 1.29 is 14.3 Å². The van der Waals surface area contributed by atoms with Gasteiger partial charge in [-0.15, -0.1) is 0 Å². The van der Waals surface area contributed by atoms with E-state index in [1.54, 1.807) is 10.6 Å². The van der Waals surface area contributed by atoms with Crippen LogP contribution in [-0.2, 0) is 16.1 Å². The lowest BCUT2D eigenvalue weighted by molar-refractivity contribution is -0.141. The molecule has 1 amide bonds. The molecule has 0 spiro atoms. The quantitative estimate of drug-likeness (QED) is 0.512. The van der Waals surface area contributed by atoms with Gasteiger partial charge in [0, 0.05) is 5.56 Å². The molecular weight excluding hydrogens is 360 g/mol. The van der Waals surface area contributed by atoms with Crippen LogP contribution in [0.15, 0.2) is 71.7 Å². The fourth-order valence-corrected chi connectivity index (χ4v) is 4.04. The fraction of sp³-hybridized carbons (Fsp3) is 0.0952. The van der Waals surface area contributed by atoms with Crippen LogP contribution in [0.5, 0.6) is 0 Å². The Morgan fingerprint density at radius 3 is 2.59 bits per heavy atom. The highest BCUT2D eigenvalue weighted by Crippen LogP contribution is 2.20. The highest BCUT2D eigenvalue weighted by Gasteiger charge is 2.13. The first-order chi connectivity index (χ1) is 13.2. The summed E-state index contributed by atoms with van der Waals surface area (Å²) in [6, 6.07) is 20.9. The molecule has 0 bridgehead atoms. The molecule has 1 aromatic heterocycles. The maximum atomic E-state index is 12.9. The number of hydrogen-bond donors (Lipinski definition) is 0. The Hall–Kier alpha value is -3.25. The maximum Gasteiger partial charge on any atom is 0.325 e. The SMILES string of the molecule is COC(=O)Cn1c(=NC(=O)c2cccc3ccccc23)sc2ccccc21. The number of thiazole rings is 1. The number of carbonyl (C=O) groups is 2. The lowest BCUT2D eigenvalue weighted by Gasteiger charge is -2.04. The standard InChI is InChI=1S/C21H16N2O3S/c1-26-19(24)13-23-17-11-4-5-12-18(17)27-21(23)22-20(25)16-10-6-8-14-7-2-3-9-15(14)16/h2-12H,13H2,1H3. The summed E-state index contributed by atoms with van der Waals surface area (Å²) < 4.78 is 7.46. The first-order valence-electron chi connectivity index (χ1n) is 8.39. The zero-order valence-corrected chi connectivity index (χ0v) is 15.4. The van der Waals surface area contributed by atoms with Crippen molar-refractivity contribution in [1.29, 1.82) is 0 Å². The number of rotatable bonds is 3. The molecule has 0 aliphatic rings. The number of aromatic nitrogens is 1. The number of methoxy groups -OCH3 is 1. The normalized spacial score (nSPS) is 11.8. The van der Waals surface area contributed by atoms with Crippen LogP contribution in [0, 0.1) is 0 Å². The van der Waals surface area contributed by atoms with E-state index in [0.29, 0.717) is 10.4 Å². The summed E-state index contributed by atoms with van der Waals surface area (Å²) in [4.78, 5) is 29.6. The van der Waals surface area contributed by atoms with E-state index in [0.717, 1.165) is 21.0 Å². The van der Waals surface area contributed by atoms with Crippen molar-refractivity contribution in [2.24, 2.45) is 4.99 Å². The number of carbonyl (C=O) groups excluding carboxylic acids is 2. The van der Waals surface area contributed by atoms with Gasteiger partial charge >= 0.3 is 5.97 Å². The van der Waals surface area contributed by atoms with E-state index < -0.39 is 5.97 Å². The average molecular weight is 376 g/mol. The van der Waals surface area contributed by atoms with Gasteiger partial charge in [-0.2, -0.15) is 4.99 Å². The average Bonchev–Trinajstić information content (AvgIpc) is 3.04. The maximum absolute atomic E-state index is 12.9. The number of amides is 1. The topological polar surface area (TPSA) is 60.7 Å². The van der Waals surface area contributed by atoms with Crippen LogP contribution in [-0.4, -0.2) is 23.6 Å². The first kappa shape index (κ1) is 17.2. The lowest BCUT2D eigenvalue weighted by Crippen LogP contribution is -2.22. The molecule has 0 saturated carbocycles. The number of hydrogen-bond acceptors (Lipinski definition) is 4. The Bertz CT molecular complexity index is 1230. The van der Waals surface area contributed by atoms with Gasteiger partial charge in [-0.25, -0.2) is 0 Å². The molecule has 5 nitrogen and oxygen atoms in total. The lowest BCUT2D eigenvalue weighted by atomic mass is 10.0. The number of benzene rings is 3. The molecule has 0 radical (unpaired) electrons. The van der Waals surface area contributed by atoms with E-state index in [1.165, 1.54) is 18.4 Å². The van der Waals surface area contributed by atoms with E-state index in [1.807, 2.05) is 60.7 Å². The summed E-state index contributed by atoms with van der Waals surface area (Å²) in [5.41, 5.74) is 1.38. The summed E-state index contributed by atoms with van der Waals surface area (Å²) >= 11 is 1.37. The Morgan fingerprint density at radius 2 is 1.74 bits per heavy atom. The van der Waals surface area contributed by atoms with Gasteiger partial charge < -0.3 is 9.30 Å².